The Morgan fingerprint density at radius 3 is 2.76 bits per heavy atom. The lowest BCUT2D eigenvalue weighted by Gasteiger charge is -2.16. The van der Waals surface area contributed by atoms with Crippen molar-refractivity contribution in [2.24, 2.45) is 5.73 Å². The highest BCUT2D eigenvalue weighted by Crippen LogP contribution is 2.32. The second kappa shape index (κ2) is 8.18. The van der Waals surface area contributed by atoms with Crippen LogP contribution in [0.4, 0.5) is 5.69 Å². The average molecular weight is 355 g/mol. The Morgan fingerprint density at radius 2 is 2.00 bits per heavy atom. The fourth-order valence-corrected chi connectivity index (χ4v) is 3.96. The maximum absolute atomic E-state index is 12.5. The second-order valence-corrected chi connectivity index (χ2v) is 7.14. The predicted octanol–water partition coefficient (Wildman–Crippen LogP) is 2.56. The first-order valence-corrected chi connectivity index (χ1v) is 9.30. The molecule has 2 aromatic carbocycles. The van der Waals surface area contributed by atoms with Gasteiger partial charge in [0.25, 0.3) is 5.91 Å². The van der Waals surface area contributed by atoms with E-state index in [1.165, 1.54) is 0 Å². The van der Waals surface area contributed by atoms with Gasteiger partial charge in [0.1, 0.15) is 5.25 Å². The molecule has 1 saturated heterocycles. The summed E-state index contributed by atoms with van der Waals surface area (Å²) in [6, 6.07) is 16.6. The van der Waals surface area contributed by atoms with Crippen LogP contribution in [0.25, 0.3) is 0 Å². The maximum Gasteiger partial charge on any atom is 0.255 e. The SMILES string of the molecule is NC[C@@H]1CCS[C@H](c2cccc(C(=O)Nc3ccccc3)c2)C(=O)N1. The summed E-state index contributed by atoms with van der Waals surface area (Å²) >= 11 is 1.59. The number of amides is 2. The predicted molar refractivity (Wildman–Crippen MR) is 102 cm³/mol. The molecule has 2 atom stereocenters. The molecular weight excluding hydrogens is 334 g/mol. The van der Waals surface area contributed by atoms with Crippen LogP contribution in [0.1, 0.15) is 27.6 Å². The number of nitrogens with one attached hydrogen (secondary N) is 2. The van der Waals surface area contributed by atoms with E-state index in [9.17, 15) is 9.59 Å². The normalized spacial score (nSPS) is 20.4. The third-order valence-electron chi connectivity index (χ3n) is 4.10. The number of carbonyl (C=O) groups excluding carboxylic acids is 2. The number of rotatable bonds is 4. The van der Waals surface area contributed by atoms with Gasteiger partial charge < -0.3 is 16.4 Å². The van der Waals surface area contributed by atoms with Gasteiger partial charge in [-0.3, -0.25) is 9.59 Å². The first-order valence-electron chi connectivity index (χ1n) is 8.26. The van der Waals surface area contributed by atoms with E-state index in [1.807, 2.05) is 42.5 Å². The van der Waals surface area contributed by atoms with Crippen LogP contribution < -0.4 is 16.4 Å². The van der Waals surface area contributed by atoms with Gasteiger partial charge in [-0.2, -0.15) is 0 Å². The van der Waals surface area contributed by atoms with Gasteiger partial charge in [0, 0.05) is 23.8 Å². The summed E-state index contributed by atoms with van der Waals surface area (Å²) in [6.07, 6.45) is 0.859. The van der Waals surface area contributed by atoms with E-state index < -0.39 is 0 Å². The van der Waals surface area contributed by atoms with Crippen LogP contribution in [-0.4, -0.2) is 30.2 Å². The van der Waals surface area contributed by atoms with Crippen LogP contribution in [0.15, 0.2) is 54.6 Å². The molecular formula is C19H21N3O2S. The van der Waals surface area contributed by atoms with Crippen molar-refractivity contribution in [3.05, 3.63) is 65.7 Å². The van der Waals surface area contributed by atoms with Gasteiger partial charge >= 0.3 is 0 Å². The number of benzene rings is 2. The number of thioether (sulfide) groups is 1. The number of hydrogen-bond acceptors (Lipinski definition) is 4. The minimum absolute atomic E-state index is 0.0227. The number of para-hydroxylation sites is 1. The zero-order valence-electron chi connectivity index (χ0n) is 13.8. The monoisotopic (exact) mass is 355 g/mol. The lowest BCUT2D eigenvalue weighted by atomic mass is 10.1. The minimum Gasteiger partial charge on any atom is -0.351 e. The molecule has 130 valence electrons. The van der Waals surface area contributed by atoms with Crippen LogP contribution in [-0.2, 0) is 4.79 Å². The summed E-state index contributed by atoms with van der Waals surface area (Å²) in [7, 11) is 0. The second-order valence-electron chi connectivity index (χ2n) is 5.93. The Kier molecular flexibility index (Phi) is 5.73. The van der Waals surface area contributed by atoms with E-state index in [2.05, 4.69) is 10.6 Å². The topological polar surface area (TPSA) is 84.2 Å². The minimum atomic E-state index is -0.318. The molecule has 4 N–H and O–H groups in total. The highest BCUT2D eigenvalue weighted by Gasteiger charge is 2.27. The Labute approximate surface area is 151 Å². The van der Waals surface area contributed by atoms with E-state index >= 15 is 0 Å². The van der Waals surface area contributed by atoms with E-state index in [0.717, 1.165) is 23.4 Å². The van der Waals surface area contributed by atoms with Crippen molar-refractivity contribution in [3.63, 3.8) is 0 Å². The molecule has 0 spiro atoms. The average Bonchev–Trinajstić information content (AvgIpc) is 2.84. The number of carbonyl (C=O) groups is 2. The summed E-state index contributed by atoms with van der Waals surface area (Å²) in [6.45, 7) is 0.443. The Bertz CT molecular complexity index is 751. The van der Waals surface area contributed by atoms with Crippen LogP contribution in [0.2, 0.25) is 0 Å². The lowest BCUT2D eigenvalue weighted by Crippen LogP contribution is -2.40. The van der Waals surface area contributed by atoms with Crippen molar-refractivity contribution in [2.75, 3.05) is 17.6 Å². The molecule has 0 radical (unpaired) electrons. The number of hydrogen-bond donors (Lipinski definition) is 3. The smallest absolute Gasteiger partial charge is 0.255 e. The first-order chi connectivity index (χ1) is 12.2. The quantitative estimate of drug-likeness (QED) is 0.787. The van der Waals surface area contributed by atoms with E-state index in [4.69, 9.17) is 5.73 Å². The Morgan fingerprint density at radius 1 is 1.20 bits per heavy atom. The molecule has 2 aromatic rings. The Hall–Kier alpha value is -2.31. The molecule has 1 aliphatic rings. The standard InChI is InChI=1S/C19H21N3O2S/c20-12-16-9-10-25-17(19(24)22-16)13-5-4-6-14(11-13)18(23)21-15-7-2-1-3-8-15/h1-8,11,16-17H,9-10,12,20H2,(H,21,23)(H,22,24)/t16-,17+/m0/s1. The highest BCUT2D eigenvalue weighted by molar-refractivity contribution is 8.00. The third-order valence-corrected chi connectivity index (χ3v) is 5.39. The van der Waals surface area contributed by atoms with Gasteiger partial charge in [-0.25, -0.2) is 0 Å². The molecule has 3 rings (SSSR count). The molecule has 25 heavy (non-hydrogen) atoms. The molecule has 0 aromatic heterocycles. The molecule has 1 heterocycles. The van der Waals surface area contributed by atoms with E-state index in [1.54, 1.807) is 23.9 Å². The maximum atomic E-state index is 12.5. The van der Waals surface area contributed by atoms with Gasteiger partial charge in [0.15, 0.2) is 0 Å². The molecule has 2 amide bonds. The van der Waals surface area contributed by atoms with E-state index in [0.29, 0.717) is 12.1 Å². The molecule has 1 fully saturated rings. The van der Waals surface area contributed by atoms with Crippen molar-refractivity contribution in [1.29, 1.82) is 0 Å². The molecule has 0 aliphatic carbocycles. The van der Waals surface area contributed by atoms with Crippen LogP contribution in [0.5, 0.6) is 0 Å². The van der Waals surface area contributed by atoms with Crippen molar-refractivity contribution in [1.82, 2.24) is 5.32 Å². The summed E-state index contributed by atoms with van der Waals surface area (Å²) in [5.74, 6) is 0.622. The van der Waals surface area contributed by atoms with Crippen molar-refractivity contribution < 1.29 is 9.59 Å². The molecule has 0 saturated carbocycles. The zero-order chi connectivity index (χ0) is 17.6. The number of anilines is 1. The first kappa shape index (κ1) is 17.5. The largest absolute Gasteiger partial charge is 0.351 e. The molecule has 0 bridgehead atoms. The lowest BCUT2D eigenvalue weighted by molar-refractivity contribution is -0.121. The van der Waals surface area contributed by atoms with Gasteiger partial charge in [0.2, 0.25) is 5.91 Å². The van der Waals surface area contributed by atoms with E-state index in [-0.39, 0.29) is 23.1 Å². The highest BCUT2D eigenvalue weighted by atomic mass is 32.2. The zero-order valence-corrected chi connectivity index (χ0v) is 14.6. The van der Waals surface area contributed by atoms with Crippen molar-refractivity contribution in [3.8, 4) is 0 Å². The molecule has 5 nitrogen and oxygen atoms in total. The fraction of sp³-hybridized carbons (Fsp3) is 0.263. The fourth-order valence-electron chi connectivity index (χ4n) is 2.74. The molecule has 1 aliphatic heterocycles. The summed E-state index contributed by atoms with van der Waals surface area (Å²) in [5, 5.41) is 5.53. The Balaban J connectivity index is 1.77. The van der Waals surface area contributed by atoms with Crippen LogP contribution in [0.3, 0.4) is 0 Å². The van der Waals surface area contributed by atoms with Crippen molar-refractivity contribution >= 4 is 29.3 Å². The van der Waals surface area contributed by atoms with Crippen molar-refractivity contribution in [2.45, 2.75) is 17.7 Å². The van der Waals surface area contributed by atoms with Gasteiger partial charge in [-0.15, -0.1) is 11.8 Å². The van der Waals surface area contributed by atoms with Gasteiger partial charge in [-0.1, -0.05) is 30.3 Å². The molecule has 6 heteroatoms. The summed E-state index contributed by atoms with van der Waals surface area (Å²) in [5.41, 5.74) is 7.79. The van der Waals surface area contributed by atoms with Gasteiger partial charge in [-0.05, 0) is 42.0 Å². The van der Waals surface area contributed by atoms with Crippen LogP contribution in [0, 0.1) is 0 Å². The summed E-state index contributed by atoms with van der Waals surface area (Å²) in [4.78, 5) is 24.9. The van der Waals surface area contributed by atoms with Crippen LogP contribution >= 0.6 is 11.8 Å². The van der Waals surface area contributed by atoms with Gasteiger partial charge in [0.05, 0.1) is 0 Å². The third kappa shape index (κ3) is 4.41. The summed E-state index contributed by atoms with van der Waals surface area (Å²) < 4.78 is 0. The molecule has 0 unspecified atom stereocenters. The number of nitrogens with two attached hydrogens (primary N) is 1.